The molecule has 9 nitrogen and oxygen atoms in total. The largest absolute Gasteiger partial charge is 0.496 e. The third-order valence-corrected chi connectivity index (χ3v) is 4.38. The molecule has 9 heteroatoms. The number of carbonyl (C=O) groups is 2. The van der Waals surface area contributed by atoms with Crippen molar-refractivity contribution in [1.82, 2.24) is 4.90 Å². The Labute approximate surface area is 144 Å². The number of methoxy groups -OCH3 is 2. The van der Waals surface area contributed by atoms with Crippen LogP contribution in [-0.2, 0) is 9.53 Å². The van der Waals surface area contributed by atoms with Crippen LogP contribution in [-0.4, -0.2) is 59.7 Å². The summed E-state index contributed by atoms with van der Waals surface area (Å²) in [7, 11) is 2.86. The van der Waals surface area contributed by atoms with Crippen LogP contribution in [0.1, 0.15) is 28.8 Å². The van der Waals surface area contributed by atoms with E-state index in [-0.39, 0.29) is 36.1 Å². The topological polar surface area (TPSA) is 119 Å². The van der Waals surface area contributed by atoms with Gasteiger partial charge in [0.15, 0.2) is 0 Å². The summed E-state index contributed by atoms with van der Waals surface area (Å²) in [5.74, 6) is -1.27. The van der Waals surface area contributed by atoms with Gasteiger partial charge in [0.05, 0.1) is 35.7 Å². The second-order valence-electron chi connectivity index (χ2n) is 5.88. The number of benzene rings is 1. The number of amides is 1. The van der Waals surface area contributed by atoms with E-state index in [4.69, 9.17) is 14.6 Å². The summed E-state index contributed by atoms with van der Waals surface area (Å²) >= 11 is 0. The van der Waals surface area contributed by atoms with Gasteiger partial charge in [-0.2, -0.15) is 0 Å². The van der Waals surface area contributed by atoms with Crippen molar-refractivity contribution in [3.63, 3.8) is 0 Å². The number of likely N-dealkylation sites (tertiary alicyclic amines) is 1. The molecule has 2 unspecified atom stereocenters. The number of carbonyl (C=O) groups excluding carboxylic acids is 1. The zero-order valence-electron chi connectivity index (χ0n) is 14.2. The molecule has 0 radical (unpaired) electrons. The SMILES string of the molecule is COc1cc(C(=O)N2CC(OC)CC2CC(=O)O)cc([N+](=O)[O-])c1C. The lowest BCUT2D eigenvalue weighted by atomic mass is 10.1. The van der Waals surface area contributed by atoms with Crippen LogP contribution in [0.15, 0.2) is 12.1 Å². The van der Waals surface area contributed by atoms with E-state index in [9.17, 15) is 19.7 Å². The van der Waals surface area contributed by atoms with Crippen LogP contribution in [0.4, 0.5) is 5.69 Å². The quantitative estimate of drug-likeness (QED) is 0.610. The molecule has 1 saturated heterocycles. The number of nitro groups is 1. The van der Waals surface area contributed by atoms with Gasteiger partial charge in [-0.25, -0.2) is 0 Å². The highest BCUT2D eigenvalue weighted by molar-refractivity contribution is 5.96. The van der Waals surface area contributed by atoms with Crippen molar-refractivity contribution in [3.8, 4) is 5.75 Å². The molecule has 0 bridgehead atoms. The first-order valence-electron chi connectivity index (χ1n) is 7.67. The lowest BCUT2D eigenvalue weighted by Crippen LogP contribution is -2.37. The monoisotopic (exact) mass is 352 g/mol. The Morgan fingerprint density at radius 1 is 1.40 bits per heavy atom. The normalized spacial score (nSPS) is 19.7. The second-order valence-corrected chi connectivity index (χ2v) is 5.88. The minimum atomic E-state index is -1.02. The van der Waals surface area contributed by atoms with Gasteiger partial charge in [0.1, 0.15) is 5.75 Å². The van der Waals surface area contributed by atoms with Crippen LogP contribution in [0.3, 0.4) is 0 Å². The fourth-order valence-corrected chi connectivity index (χ4v) is 3.05. The molecule has 2 rings (SSSR count). The van der Waals surface area contributed by atoms with E-state index < -0.39 is 22.8 Å². The van der Waals surface area contributed by atoms with Gasteiger partial charge in [-0.15, -0.1) is 0 Å². The molecule has 1 amide bonds. The zero-order valence-corrected chi connectivity index (χ0v) is 14.2. The van der Waals surface area contributed by atoms with E-state index in [0.29, 0.717) is 12.0 Å². The molecule has 136 valence electrons. The molecule has 1 fully saturated rings. The van der Waals surface area contributed by atoms with Crippen molar-refractivity contribution in [2.24, 2.45) is 0 Å². The van der Waals surface area contributed by atoms with Gasteiger partial charge in [-0.05, 0) is 19.4 Å². The van der Waals surface area contributed by atoms with Crippen LogP contribution in [0, 0.1) is 17.0 Å². The predicted octanol–water partition coefficient (Wildman–Crippen LogP) is 1.62. The zero-order chi connectivity index (χ0) is 18.7. The molecular weight excluding hydrogens is 332 g/mol. The Morgan fingerprint density at radius 2 is 2.08 bits per heavy atom. The van der Waals surface area contributed by atoms with Gasteiger partial charge >= 0.3 is 5.97 Å². The third kappa shape index (κ3) is 3.87. The van der Waals surface area contributed by atoms with E-state index in [0.717, 1.165) is 0 Å². The van der Waals surface area contributed by atoms with E-state index >= 15 is 0 Å². The molecule has 1 aromatic rings. The Morgan fingerprint density at radius 3 is 2.60 bits per heavy atom. The first kappa shape index (κ1) is 18.7. The molecule has 0 spiro atoms. The summed E-state index contributed by atoms with van der Waals surface area (Å²) in [4.78, 5) is 36.0. The highest BCUT2D eigenvalue weighted by atomic mass is 16.6. The molecule has 25 heavy (non-hydrogen) atoms. The minimum Gasteiger partial charge on any atom is -0.496 e. The summed E-state index contributed by atoms with van der Waals surface area (Å²) in [5.41, 5.74) is 0.184. The molecule has 1 heterocycles. The fourth-order valence-electron chi connectivity index (χ4n) is 3.05. The molecule has 0 saturated carbocycles. The summed E-state index contributed by atoms with van der Waals surface area (Å²) in [6, 6.07) is 2.10. The molecule has 1 aliphatic heterocycles. The van der Waals surface area contributed by atoms with Crippen molar-refractivity contribution in [3.05, 3.63) is 33.4 Å². The Balaban J connectivity index is 2.39. The number of hydrogen-bond donors (Lipinski definition) is 1. The average Bonchev–Trinajstić information content (AvgIpc) is 2.96. The maximum absolute atomic E-state index is 12.9. The lowest BCUT2D eigenvalue weighted by Gasteiger charge is -2.23. The molecule has 0 aromatic heterocycles. The number of aliphatic carboxylic acids is 1. The number of carboxylic acids is 1. The fraction of sp³-hybridized carbons (Fsp3) is 0.500. The minimum absolute atomic E-state index is 0.0845. The maximum atomic E-state index is 12.9. The van der Waals surface area contributed by atoms with Gasteiger partial charge in [-0.3, -0.25) is 19.7 Å². The van der Waals surface area contributed by atoms with Crippen LogP contribution in [0.25, 0.3) is 0 Å². The highest BCUT2D eigenvalue weighted by Crippen LogP contribution is 2.32. The van der Waals surface area contributed by atoms with Gasteiger partial charge < -0.3 is 19.5 Å². The van der Waals surface area contributed by atoms with E-state index in [2.05, 4.69) is 0 Å². The number of nitro benzene ring substituents is 1. The van der Waals surface area contributed by atoms with Crippen molar-refractivity contribution in [2.45, 2.75) is 31.9 Å². The van der Waals surface area contributed by atoms with Gasteiger partial charge in [0.2, 0.25) is 0 Å². The first-order chi connectivity index (χ1) is 11.8. The maximum Gasteiger partial charge on any atom is 0.305 e. The number of hydrogen-bond acceptors (Lipinski definition) is 6. The van der Waals surface area contributed by atoms with E-state index in [1.54, 1.807) is 0 Å². The Kier molecular flexibility index (Phi) is 5.58. The van der Waals surface area contributed by atoms with Crippen molar-refractivity contribution in [2.75, 3.05) is 20.8 Å². The second kappa shape index (κ2) is 7.47. The molecule has 1 aromatic carbocycles. The molecular formula is C16H20N2O7. The summed E-state index contributed by atoms with van der Waals surface area (Å²) in [6.07, 6.45) is -0.0771. The number of carboxylic acid groups (broad SMARTS) is 1. The van der Waals surface area contributed by atoms with Gasteiger partial charge in [0.25, 0.3) is 11.6 Å². The number of rotatable bonds is 6. The van der Waals surface area contributed by atoms with Gasteiger partial charge in [0, 0.05) is 25.8 Å². The van der Waals surface area contributed by atoms with Crippen LogP contribution in [0.5, 0.6) is 5.75 Å². The predicted molar refractivity (Wildman–Crippen MR) is 86.9 cm³/mol. The van der Waals surface area contributed by atoms with Gasteiger partial charge in [-0.1, -0.05) is 0 Å². The van der Waals surface area contributed by atoms with Crippen LogP contribution in [0.2, 0.25) is 0 Å². The van der Waals surface area contributed by atoms with Crippen molar-refractivity contribution in [1.29, 1.82) is 0 Å². The summed E-state index contributed by atoms with van der Waals surface area (Å²) in [5, 5.41) is 20.3. The summed E-state index contributed by atoms with van der Waals surface area (Å²) in [6.45, 7) is 1.77. The lowest BCUT2D eigenvalue weighted by molar-refractivity contribution is -0.385. The van der Waals surface area contributed by atoms with E-state index in [1.165, 1.54) is 38.2 Å². The van der Waals surface area contributed by atoms with Crippen LogP contribution < -0.4 is 4.74 Å². The smallest absolute Gasteiger partial charge is 0.305 e. The highest BCUT2D eigenvalue weighted by Gasteiger charge is 2.37. The van der Waals surface area contributed by atoms with Crippen molar-refractivity contribution < 1.29 is 29.1 Å². The van der Waals surface area contributed by atoms with E-state index in [1.807, 2.05) is 0 Å². The first-order valence-corrected chi connectivity index (χ1v) is 7.67. The number of ether oxygens (including phenoxy) is 2. The average molecular weight is 352 g/mol. The molecule has 1 N–H and O–H groups in total. The molecule has 1 aliphatic rings. The standard InChI is InChI=1S/C16H20N2O7/c1-9-13(18(22)23)4-10(5-14(9)25-3)16(21)17-8-12(24-2)6-11(17)7-15(19)20/h4-5,11-12H,6-8H2,1-3H3,(H,19,20). The Hall–Kier alpha value is -2.68. The summed E-state index contributed by atoms with van der Waals surface area (Å²) < 4.78 is 10.4. The molecule has 0 aliphatic carbocycles. The number of nitrogens with zero attached hydrogens (tertiary/aromatic N) is 2. The van der Waals surface area contributed by atoms with Crippen molar-refractivity contribution >= 4 is 17.6 Å². The Bertz CT molecular complexity index is 704. The third-order valence-electron chi connectivity index (χ3n) is 4.38. The molecule has 2 atom stereocenters. The van der Waals surface area contributed by atoms with Crippen LogP contribution >= 0.6 is 0 Å².